The van der Waals surface area contributed by atoms with Gasteiger partial charge < -0.3 is 4.90 Å². The highest BCUT2D eigenvalue weighted by molar-refractivity contribution is 6.43. The third-order valence-electron chi connectivity index (χ3n) is 3.89. The predicted molar refractivity (Wildman–Crippen MR) is 90.4 cm³/mol. The van der Waals surface area contributed by atoms with Gasteiger partial charge in [0.05, 0.1) is 15.7 Å². The van der Waals surface area contributed by atoms with E-state index in [1.807, 2.05) is 18.2 Å². The summed E-state index contributed by atoms with van der Waals surface area (Å²) in [6.07, 6.45) is 0. The normalized spacial score (nSPS) is 16.2. The summed E-state index contributed by atoms with van der Waals surface area (Å²) in [6.45, 7) is 5.05. The Labute approximate surface area is 135 Å². The van der Waals surface area contributed by atoms with Gasteiger partial charge in [0.25, 0.3) is 0 Å². The lowest BCUT2D eigenvalue weighted by Crippen LogP contribution is -2.46. The van der Waals surface area contributed by atoms with Crippen LogP contribution in [0.1, 0.15) is 5.56 Å². The first-order valence-corrected chi connectivity index (χ1v) is 7.95. The fourth-order valence-corrected chi connectivity index (χ4v) is 3.14. The van der Waals surface area contributed by atoms with Gasteiger partial charge in [-0.25, -0.2) is 0 Å². The maximum atomic E-state index is 6.31. The number of halogens is 2. The monoisotopic (exact) mass is 320 g/mol. The van der Waals surface area contributed by atoms with Crippen molar-refractivity contribution in [1.29, 1.82) is 0 Å². The highest BCUT2D eigenvalue weighted by Gasteiger charge is 2.19. The molecule has 1 heterocycles. The Kier molecular flexibility index (Phi) is 4.69. The first-order valence-electron chi connectivity index (χ1n) is 7.19. The van der Waals surface area contributed by atoms with Gasteiger partial charge in [-0.1, -0.05) is 59.6 Å². The molecular weight excluding hydrogens is 303 g/mol. The molecule has 2 nitrogen and oxygen atoms in total. The molecule has 0 atom stereocenters. The topological polar surface area (TPSA) is 6.48 Å². The van der Waals surface area contributed by atoms with E-state index in [0.717, 1.165) is 38.4 Å². The minimum absolute atomic E-state index is 0.626. The molecule has 3 rings (SSSR count). The van der Waals surface area contributed by atoms with Gasteiger partial charge in [0.15, 0.2) is 0 Å². The van der Waals surface area contributed by atoms with Crippen LogP contribution in [0.3, 0.4) is 0 Å². The Morgan fingerprint density at radius 1 is 0.810 bits per heavy atom. The molecule has 1 aliphatic rings. The van der Waals surface area contributed by atoms with E-state index in [-0.39, 0.29) is 0 Å². The molecule has 21 heavy (non-hydrogen) atoms. The summed E-state index contributed by atoms with van der Waals surface area (Å²) in [5, 5.41) is 1.29. The highest BCUT2D eigenvalue weighted by atomic mass is 35.5. The van der Waals surface area contributed by atoms with Crippen molar-refractivity contribution in [3.8, 4) is 0 Å². The van der Waals surface area contributed by atoms with E-state index >= 15 is 0 Å². The maximum absolute atomic E-state index is 6.31. The summed E-state index contributed by atoms with van der Waals surface area (Å²) >= 11 is 12.4. The second kappa shape index (κ2) is 6.69. The predicted octanol–water partition coefficient (Wildman–Crippen LogP) is 4.32. The summed E-state index contributed by atoms with van der Waals surface area (Å²) in [6, 6.07) is 16.4. The molecule has 1 saturated heterocycles. The molecule has 0 unspecified atom stereocenters. The van der Waals surface area contributed by atoms with Crippen molar-refractivity contribution in [3.05, 3.63) is 64.1 Å². The van der Waals surface area contributed by atoms with Crippen molar-refractivity contribution in [1.82, 2.24) is 4.90 Å². The average Bonchev–Trinajstić information content (AvgIpc) is 2.52. The SMILES string of the molecule is Clc1cccc(N2CCN(Cc3ccccc3)CC2)c1Cl. The van der Waals surface area contributed by atoms with Crippen LogP contribution in [0.25, 0.3) is 0 Å². The number of hydrogen-bond acceptors (Lipinski definition) is 2. The molecule has 0 aliphatic carbocycles. The second-order valence-corrected chi connectivity index (χ2v) is 6.11. The maximum Gasteiger partial charge on any atom is 0.0825 e. The van der Waals surface area contributed by atoms with Gasteiger partial charge in [-0.2, -0.15) is 0 Å². The lowest BCUT2D eigenvalue weighted by molar-refractivity contribution is 0.250. The second-order valence-electron chi connectivity index (χ2n) is 5.32. The minimum Gasteiger partial charge on any atom is -0.368 e. The molecule has 0 spiro atoms. The molecule has 0 aromatic heterocycles. The van der Waals surface area contributed by atoms with Gasteiger partial charge in [0, 0.05) is 32.7 Å². The van der Waals surface area contributed by atoms with Crippen LogP contribution in [0.2, 0.25) is 10.0 Å². The van der Waals surface area contributed by atoms with Crippen molar-refractivity contribution >= 4 is 28.9 Å². The summed E-state index contributed by atoms with van der Waals surface area (Å²) in [7, 11) is 0. The Bertz CT molecular complexity index is 593. The fourth-order valence-electron chi connectivity index (χ4n) is 2.73. The van der Waals surface area contributed by atoms with Crippen LogP contribution in [0, 0.1) is 0 Å². The van der Waals surface area contributed by atoms with E-state index in [1.54, 1.807) is 0 Å². The third kappa shape index (κ3) is 3.52. The lowest BCUT2D eigenvalue weighted by atomic mass is 10.2. The molecule has 1 fully saturated rings. The van der Waals surface area contributed by atoms with Crippen LogP contribution in [0.5, 0.6) is 0 Å². The first kappa shape index (κ1) is 14.7. The molecule has 2 aromatic carbocycles. The zero-order chi connectivity index (χ0) is 14.7. The van der Waals surface area contributed by atoms with Crippen LogP contribution in [-0.4, -0.2) is 31.1 Å². The van der Waals surface area contributed by atoms with Gasteiger partial charge in [0.1, 0.15) is 0 Å². The number of nitrogens with zero attached hydrogens (tertiary/aromatic N) is 2. The van der Waals surface area contributed by atoms with Crippen LogP contribution >= 0.6 is 23.2 Å². The summed E-state index contributed by atoms with van der Waals surface area (Å²) in [4.78, 5) is 4.79. The molecule has 2 aromatic rings. The number of piperazine rings is 1. The molecule has 0 amide bonds. The van der Waals surface area contributed by atoms with Crippen molar-refractivity contribution in [3.63, 3.8) is 0 Å². The molecule has 1 aliphatic heterocycles. The number of benzene rings is 2. The molecule has 0 saturated carbocycles. The van der Waals surface area contributed by atoms with Crippen molar-refractivity contribution in [2.45, 2.75) is 6.54 Å². The van der Waals surface area contributed by atoms with Gasteiger partial charge >= 0.3 is 0 Å². The summed E-state index contributed by atoms with van der Waals surface area (Å²) in [5.74, 6) is 0. The molecule has 110 valence electrons. The van der Waals surface area contributed by atoms with Crippen LogP contribution < -0.4 is 4.90 Å². The Hall–Kier alpha value is -1.22. The Morgan fingerprint density at radius 2 is 1.52 bits per heavy atom. The standard InChI is InChI=1S/C17H18Cl2N2/c18-15-7-4-8-16(17(15)19)21-11-9-20(10-12-21)13-14-5-2-1-3-6-14/h1-8H,9-13H2. The summed E-state index contributed by atoms with van der Waals surface area (Å²) in [5.41, 5.74) is 2.41. The largest absolute Gasteiger partial charge is 0.368 e. The van der Waals surface area contributed by atoms with Crippen LogP contribution in [0.15, 0.2) is 48.5 Å². The summed E-state index contributed by atoms with van der Waals surface area (Å²) < 4.78 is 0. The van der Waals surface area contributed by atoms with E-state index in [0.29, 0.717) is 10.0 Å². The van der Waals surface area contributed by atoms with Crippen LogP contribution in [0.4, 0.5) is 5.69 Å². The van der Waals surface area contributed by atoms with Crippen LogP contribution in [-0.2, 0) is 6.54 Å². The Balaban J connectivity index is 1.61. The molecule has 0 radical (unpaired) electrons. The minimum atomic E-state index is 0.626. The van der Waals surface area contributed by atoms with E-state index in [2.05, 4.69) is 40.1 Å². The van der Waals surface area contributed by atoms with E-state index in [9.17, 15) is 0 Å². The smallest absolute Gasteiger partial charge is 0.0825 e. The van der Waals surface area contributed by atoms with Gasteiger partial charge in [0.2, 0.25) is 0 Å². The lowest BCUT2D eigenvalue weighted by Gasteiger charge is -2.36. The zero-order valence-corrected chi connectivity index (χ0v) is 13.3. The van der Waals surface area contributed by atoms with E-state index in [1.165, 1.54) is 5.56 Å². The third-order valence-corrected chi connectivity index (χ3v) is 4.70. The number of rotatable bonds is 3. The Morgan fingerprint density at radius 3 is 2.24 bits per heavy atom. The molecule has 0 N–H and O–H groups in total. The van der Waals surface area contributed by atoms with Crippen molar-refractivity contribution in [2.24, 2.45) is 0 Å². The van der Waals surface area contributed by atoms with Gasteiger partial charge in [-0.15, -0.1) is 0 Å². The highest BCUT2D eigenvalue weighted by Crippen LogP contribution is 2.32. The van der Waals surface area contributed by atoms with E-state index < -0.39 is 0 Å². The first-order chi connectivity index (χ1) is 10.2. The van der Waals surface area contributed by atoms with Crippen molar-refractivity contribution < 1.29 is 0 Å². The van der Waals surface area contributed by atoms with E-state index in [4.69, 9.17) is 23.2 Å². The van der Waals surface area contributed by atoms with Gasteiger partial charge in [-0.3, -0.25) is 4.90 Å². The molecule has 0 bridgehead atoms. The zero-order valence-electron chi connectivity index (χ0n) is 11.8. The molecule has 4 heteroatoms. The van der Waals surface area contributed by atoms with Crippen molar-refractivity contribution in [2.75, 3.05) is 31.1 Å². The fraction of sp³-hybridized carbons (Fsp3) is 0.294. The average molecular weight is 321 g/mol. The molecular formula is C17H18Cl2N2. The number of anilines is 1. The quantitative estimate of drug-likeness (QED) is 0.831. The van der Waals surface area contributed by atoms with Gasteiger partial charge in [-0.05, 0) is 17.7 Å². The number of hydrogen-bond donors (Lipinski definition) is 0.